The number of fused-ring (bicyclic) bond motifs is 1. The molecule has 148 valence electrons. The molecule has 1 aromatic carbocycles. The van der Waals surface area contributed by atoms with Crippen LogP contribution in [0.1, 0.15) is 36.0 Å². The first-order valence-corrected chi connectivity index (χ1v) is 9.26. The topological polar surface area (TPSA) is 65.6 Å². The molecule has 1 fully saturated rings. The smallest absolute Gasteiger partial charge is 0.256 e. The van der Waals surface area contributed by atoms with Gasteiger partial charge in [0.15, 0.2) is 0 Å². The molecule has 1 aliphatic rings. The van der Waals surface area contributed by atoms with Gasteiger partial charge in [0.05, 0.1) is 29.3 Å². The number of aliphatic hydroxyl groups is 1. The van der Waals surface area contributed by atoms with Gasteiger partial charge in [-0.3, -0.25) is 4.79 Å². The number of halogens is 3. The van der Waals surface area contributed by atoms with Crippen molar-refractivity contribution >= 4 is 28.4 Å². The van der Waals surface area contributed by atoms with Crippen molar-refractivity contribution in [2.75, 3.05) is 26.8 Å². The Kier molecular flexibility index (Phi) is 5.74. The van der Waals surface area contributed by atoms with Gasteiger partial charge in [0, 0.05) is 43.6 Å². The highest BCUT2D eigenvalue weighted by atomic mass is 35.5. The number of amides is 1. The molecule has 3 rings (SSSR count). The van der Waals surface area contributed by atoms with Crippen LogP contribution in [0.2, 0.25) is 5.02 Å². The van der Waals surface area contributed by atoms with Crippen LogP contribution in [0.15, 0.2) is 24.4 Å². The third kappa shape index (κ3) is 4.42. The number of carbonyl (C=O) groups is 1. The normalized spacial score (nSPS) is 22.1. The number of nitrogens with one attached hydrogen (secondary N) is 1. The van der Waals surface area contributed by atoms with E-state index >= 15 is 0 Å². The van der Waals surface area contributed by atoms with Crippen molar-refractivity contribution in [3.05, 3.63) is 35.0 Å². The average molecular weight is 401 g/mol. The minimum Gasteiger partial charge on any atom is -0.388 e. The molecule has 5 nitrogen and oxygen atoms in total. The van der Waals surface area contributed by atoms with Gasteiger partial charge in [-0.15, -0.1) is 0 Å². The van der Waals surface area contributed by atoms with E-state index in [-0.39, 0.29) is 44.9 Å². The molecule has 27 heavy (non-hydrogen) atoms. The number of aromatic amines is 1. The molecule has 0 aliphatic heterocycles. The summed E-state index contributed by atoms with van der Waals surface area (Å²) in [4.78, 5) is 17.5. The van der Waals surface area contributed by atoms with Gasteiger partial charge in [-0.1, -0.05) is 17.7 Å². The SMILES string of the molecule is COCCN(C[C@@]1(O)CCCC(F)(F)C1)C(=O)c1c[nH]c2cccc(Cl)c12. The van der Waals surface area contributed by atoms with Crippen molar-refractivity contribution in [3.63, 3.8) is 0 Å². The molecule has 1 heterocycles. The van der Waals surface area contributed by atoms with E-state index in [0.717, 1.165) is 0 Å². The van der Waals surface area contributed by atoms with E-state index in [2.05, 4.69) is 4.98 Å². The van der Waals surface area contributed by atoms with Crippen LogP contribution in [-0.2, 0) is 4.74 Å². The van der Waals surface area contributed by atoms with Crippen LogP contribution in [-0.4, -0.2) is 59.2 Å². The zero-order valence-corrected chi connectivity index (χ0v) is 15.9. The quantitative estimate of drug-likeness (QED) is 0.774. The third-order valence-electron chi connectivity index (χ3n) is 5.00. The molecule has 0 radical (unpaired) electrons. The van der Waals surface area contributed by atoms with Crippen molar-refractivity contribution < 1.29 is 23.4 Å². The van der Waals surface area contributed by atoms with E-state index in [1.807, 2.05) is 0 Å². The first kappa shape index (κ1) is 20.0. The molecule has 8 heteroatoms. The fourth-order valence-corrected chi connectivity index (χ4v) is 4.03. The summed E-state index contributed by atoms with van der Waals surface area (Å²) < 4.78 is 32.7. The predicted octanol–water partition coefficient (Wildman–Crippen LogP) is 3.85. The Morgan fingerprint density at radius 2 is 2.19 bits per heavy atom. The largest absolute Gasteiger partial charge is 0.388 e. The molecule has 1 aromatic heterocycles. The van der Waals surface area contributed by atoms with Crippen molar-refractivity contribution in [2.45, 2.75) is 37.2 Å². The Morgan fingerprint density at radius 1 is 1.41 bits per heavy atom. The number of methoxy groups -OCH3 is 1. The van der Waals surface area contributed by atoms with Gasteiger partial charge in [-0.25, -0.2) is 8.78 Å². The van der Waals surface area contributed by atoms with Crippen molar-refractivity contribution in [1.29, 1.82) is 0 Å². The van der Waals surface area contributed by atoms with Gasteiger partial charge in [-0.05, 0) is 25.0 Å². The highest BCUT2D eigenvalue weighted by Gasteiger charge is 2.46. The monoisotopic (exact) mass is 400 g/mol. The predicted molar refractivity (Wildman–Crippen MR) is 99.5 cm³/mol. The highest BCUT2D eigenvalue weighted by Crippen LogP contribution is 2.40. The molecule has 1 amide bonds. The van der Waals surface area contributed by atoms with E-state index in [0.29, 0.717) is 21.5 Å². The summed E-state index contributed by atoms with van der Waals surface area (Å²) in [5, 5.41) is 11.7. The first-order valence-electron chi connectivity index (χ1n) is 8.89. The highest BCUT2D eigenvalue weighted by molar-refractivity contribution is 6.36. The minimum atomic E-state index is -2.92. The van der Waals surface area contributed by atoms with Crippen LogP contribution in [0.4, 0.5) is 8.78 Å². The number of carbonyl (C=O) groups excluding carboxylic acids is 1. The lowest BCUT2D eigenvalue weighted by atomic mass is 9.82. The molecule has 0 bridgehead atoms. The summed E-state index contributed by atoms with van der Waals surface area (Å²) in [6.07, 6.45) is 1.12. The number of hydrogen-bond donors (Lipinski definition) is 2. The van der Waals surface area contributed by atoms with E-state index < -0.39 is 17.9 Å². The number of rotatable bonds is 6. The Labute approximate surface area is 161 Å². The number of H-pyrrole nitrogens is 1. The van der Waals surface area contributed by atoms with Crippen LogP contribution in [0.25, 0.3) is 10.9 Å². The Balaban J connectivity index is 1.88. The van der Waals surface area contributed by atoms with Crippen LogP contribution < -0.4 is 0 Å². The van der Waals surface area contributed by atoms with Gasteiger partial charge < -0.3 is 19.7 Å². The van der Waals surface area contributed by atoms with Crippen LogP contribution >= 0.6 is 11.6 Å². The van der Waals surface area contributed by atoms with Crippen LogP contribution in [0.5, 0.6) is 0 Å². The maximum absolute atomic E-state index is 13.8. The number of ether oxygens (including phenoxy) is 1. The minimum absolute atomic E-state index is 0.179. The molecule has 2 aromatic rings. The van der Waals surface area contributed by atoms with Gasteiger partial charge >= 0.3 is 0 Å². The third-order valence-corrected chi connectivity index (χ3v) is 5.31. The van der Waals surface area contributed by atoms with Gasteiger partial charge in [0.2, 0.25) is 0 Å². The van der Waals surface area contributed by atoms with Gasteiger partial charge in [0.1, 0.15) is 0 Å². The first-order chi connectivity index (χ1) is 12.7. The summed E-state index contributed by atoms with van der Waals surface area (Å²) >= 11 is 6.25. The molecule has 0 spiro atoms. The molecule has 2 N–H and O–H groups in total. The number of hydrogen-bond acceptors (Lipinski definition) is 3. The molecule has 0 unspecified atom stereocenters. The molecule has 1 atom stereocenters. The van der Waals surface area contributed by atoms with Crippen LogP contribution in [0.3, 0.4) is 0 Å². The van der Waals surface area contributed by atoms with E-state index in [1.54, 1.807) is 24.4 Å². The zero-order chi connectivity index (χ0) is 19.7. The van der Waals surface area contributed by atoms with E-state index in [9.17, 15) is 18.7 Å². The van der Waals surface area contributed by atoms with Crippen molar-refractivity contribution in [3.8, 4) is 0 Å². The molecular weight excluding hydrogens is 378 g/mol. The fraction of sp³-hybridized carbons (Fsp3) is 0.526. The number of nitrogens with zero attached hydrogens (tertiary/aromatic N) is 1. The Bertz CT molecular complexity index is 826. The number of benzene rings is 1. The second-order valence-electron chi connectivity index (χ2n) is 7.19. The second kappa shape index (κ2) is 7.73. The molecule has 0 saturated heterocycles. The molecule has 1 saturated carbocycles. The van der Waals surface area contributed by atoms with E-state index in [1.165, 1.54) is 12.0 Å². The van der Waals surface area contributed by atoms with Crippen LogP contribution in [0, 0.1) is 0 Å². The lowest BCUT2D eigenvalue weighted by Gasteiger charge is -2.40. The summed E-state index contributed by atoms with van der Waals surface area (Å²) in [5.74, 6) is -3.30. The number of alkyl halides is 2. The maximum atomic E-state index is 13.8. The molecule has 1 aliphatic carbocycles. The summed E-state index contributed by atoms with van der Waals surface area (Å²) in [6.45, 7) is 0.233. The number of aromatic nitrogens is 1. The van der Waals surface area contributed by atoms with Gasteiger partial charge in [0.25, 0.3) is 11.8 Å². The lowest BCUT2D eigenvalue weighted by Crippen LogP contribution is -2.51. The summed E-state index contributed by atoms with van der Waals surface area (Å²) in [6, 6.07) is 5.25. The molecular formula is C19H23ClF2N2O3. The average Bonchev–Trinajstić information content (AvgIpc) is 3.02. The Morgan fingerprint density at radius 3 is 2.89 bits per heavy atom. The van der Waals surface area contributed by atoms with E-state index in [4.69, 9.17) is 16.3 Å². The summed E-state index contributed by atoms with van der Waals surface area (Å²) in [7, 11) is 1.49. The van der Waals surface area contributed by atoms with Crippen molar-refractivity contribution in [1.82, 2.24) is 9.88 Å². The van der Waals surface area contributed by atoms with Crippen molar-refractivity contribution in [2.24, 2.45) is 0 Å². The Hall–Kier alpha value is -1.70. The fourth-order valence-electron chi connectivity index (χ4n) is 3.76. The zero-order valence-electron chi connectivity index (χ0n) is 15.1. The lowest BCUT2D eigenvalue weighted by molar-refractivity contribution is -0.130. The van der Waals surface area contributed by atoms with Gasteiger partial charge in [-0.2, -0.15) is 0 Å². The standard InChI is InChI=1S/C19H23ClF2N2O3/c1-27-9-8-24(12-18(26)6-3-7-19(21,22)11-18)17(25)13-10-23-15-5-2-4-14(20)16(13)15/h2,4-5,10,23,26H,3,6-9,11-12H2,1H3/t18-/m1/s1. The summed E-state index contributed by atoms with van der Waals surface area (Å²) in [5.41, 5.74) is -0.570. The maximum Gasteiger partial charge on any atom is 0.256 e. The second-order valence-corrected chi connectivity index (χ2v) is 7.60.